The van der Waals surface area contributed by atoms with Crippen molar-refractivity contribution >= 4 is 5.91 Å². The lowest BCUT2D eigenvalue weighted by molar-refractivity contribution is -0.00927. The Labute approximate surface area is 158 Å². The van der Waals surface area contributed by atoms with Gasteiger partial charge in [-0.15, -0.1) is 0 Å². The number of fused-ring (bicyclic) bond motifs is 1. The maximum atomic E-state index is 12.9. The number of nitriles is 1. The predicted molar refractivity (Wildman–Crippen MR) is 97.4 cm³/mol. The van der Waals surface area contributed by atoms with Gasteiger partial charge in [-0.05, 0) is 32.0 Å². The molecule has 2 aromatic rings. The number of carbonyl (C=O) groups is 1. The summed E-state index contributed by atoms with van der Waals surface area (Å²) in [6.45, 7) is 5.04. The molecule has 2 atom stereocenters. The summed E-state index contributed by atoms with van der Waals surface area (Å²) in [5.74, 6) is 0.597. The minimum absolute atomic E-state index is 0.0567. The van der Waals surface area contributed by atoms with Crippen LogP contribution < -0.4 is 4.74 Å². The van der Waals surface area contributed by atoms with E-state index in [4.69, 9.17) is 14.7 Å². The fourth-order valence-electron chi connectivity index (χ4n) is 3.87. The summed E-state index contributed by atoms with van der Waals surface area (Å²) in [5, 5.41) is 13.4. The van der Waals surface area contributed by atoms with Crippen LogP contribution in [0.2, 0.25) is 0 Å². The highest BCUT2D eigenvalue weighted by molar-refractivity contribution is 5.94. The molecule has 140 valence electrons. The quantitative estimate of drug-likeness (QED) is 0.832. The molecule has 0 saturated carbocycles. The number of amides is 1. The first-order valence-corrected chi connectivity index (χ1v) is 9.13. The number of aryl methyl sites for hydroxylation is 1. The van der Waals surface area contributed by atoms with E-state index < -0.39 is 0 Å². The van der Waals surface area contributed by atoms with E-state index in [1.54, 1.807) is 27.8 Å². The number of aromatic nitrogens is 2. The van der Waals surface area contributed by atoms with E-state index in [1.807, 2.05) is 27.0 Å². The van der Waals surface area contributed by atoms with Crippen molar-refractivity contribution in [3.63, 3.8) is 0 Å². The van der Waals surface area contributed by atoms with Crippen molar-refractivity contribution in [2.45, 2.75) is 38.6 Å². The van der Waals surface area contributed by atoms with Gasteiger partial charge < -0.3 is 14.4 Å². The Morgan fingerprint density at radius 2 is 2.15 bits per heavy atom. The van der Waals surface area contributed by atoms with Gasteiger partial charge in [0.2, 0.25) is 0 Å². The van der Waals surface area contributed by atoms with Gasteiger partial charge in [0.25, 0.3) is 5.91 Å². The Morgan fingerprint density at radius 3 is 2.89 bits per heavy atom. The van der Waals surface area contributed by atoms with E-state index in [0.29, 0.717) is 36.5 Å². The van der Waals surface area contributed by atoms with E-state index in [9.17, 15) is 4.79 Å². The average molecular weight is 366 g/mol. The Morgan fingerprint density at radius 1 is 1.37 bits per heavy atom. The summed E-state index contributed by atoms with van der Waals surface area (Å²) in [7, 11) is 1.86. The number of carbonyl (C=O) groups excluding carboxylic acids is 1. The lowest BCUT2D eigenvalue weighted by Crippen LogP contribution is -2.56. The third kappa shape index (κ3) is 3.17. The van der Waals surface area contributed by atoms with Crippen LogP contribution in [0.25, 0.3) is 0 Å². The van der Waals surface area contributed by atoms with Crippen LogP contribution in [-0.2, 0) is 18.2 Å². The number of nitrogens with zero attached hydrogens (tertiary/aromatic N) is 4. The number of likely N-dealkylation sites (tertiary alicyclic amines) is 1. The molecule has 1 fully saturated rings. The maximum Gasteiger partial charge on any atom is 0.274 e. The Balaban J connectivity index is 1.44. The summed E-state index contributed by atoms with van der Waals surface area (Å²) in [6.07, 6.45) is 0.637. The van der Waals surface area contributed by atoms with Crippen LogP contribution in [0.3, 0.4) is 0 Å². The minimum Gasteiger partial charge on any atom is -0.487 e. The largest absolute Gasteiger partial charge is 0.487 e. The zero-order valence-electron chi connectivity index (χ0n) is 15.7. The molecule has 0 aliphatic carbocycles. The van der Waals surface area contributed by atoms with Gasteiger partial charge >= 0.3 is 0 Å². The second kappa shape index (κ2) is 6.71. The molecular weight excluding hydrogens is 344 g/mol. The first-order chi connectivity index (χ1) is 13.0. The van der Waals surface area contributed by atoms with E-state index in [1.165, 1.54) is 0 Å². The highest BCUT2D eigenvalue weighted by Gasteiger charge is 2.38. The van der Waals surface area contributed by atoms with E-state index >= 15 is 0 Å². The summed E-state index contributed by atoms with van der Waals surface area (Å²) >= 11 is 0. The monoisotopic (exact) mass is 366 g/mol. The highest BCUT2D eigenvalue weighted by Crippen LogP contribution is 2.32. The molecule has 3 heterocycles. The van der Waals surface area contributed by atoms with Crippen LogP contribution in [0.15, 0.2) is 24.3 Å². The molecule has 27 heavy (non-hydrogen) atoms. The van der Waals surface area contributed by atoms with Crippen LogP contribution in [-0.4, -0.2) is 45.9 Å². The Hall–Kier alpha value is -2.85. The molecule has 1 aromatic carbocycles. The molecule has 1 amide bonds. The molecule has 0 bridgehead atoms. The predicted octanol–water partition coefficient (Wildman–Crippen LogP) is 2.22. The summed E-state index contributed by atoms with van der Waals surface area (Å²) in [6, 6.07) is 9.16. The topological polar surface area (TPSA) is 80.4 Å². The van der Waals surface area contributed by atoms with Gasteiger partial charge in [0.05, 0.1) is 42.6 Å². The summed E-state index contributed by atoms with van der Waals surface area (Å²) in [4.78, 5) is 14.7. The van der Waals surface area contributed by atoms with E-state index in [-0.39, 0.29) is 24.2 Å². The second-order valence-corrected chi connectivity index (χ2v) is 7.22. The number of hydrogen-bond donors (Lipinski definition) is 0. The van der Waals surface area contributed by atoms with Gasteiger partial charge in [-0.3, -0.25) is 9.48 Å². The first-order valence-electron chi connectivity index (χ1n) is 9.13. The zero-order valence-corrected chi connectivity index (χ0v) is 15.7. The average Bonchev–Trinajstić information content (AvgIpc) is 2.94. The third-order valence-corrected chi connectivity index (χ3v) is 5.11. The van der Waals surface area contributed by atoms with Crippen molar-refractivity contribution in [2.75, 3.05) is 13.1 Å². The lowest BCUT2D eigenvalue weighted by Gasteiger charge is -2.38. The normalized spacial score (nSPS) is 21.9. The standard InChI is InChI=1S/C20H22N4O3/c1-12-7-17-18(22-23(3)19(17)13(2)26-12)20(25)24-10-16(11-24)27-15-6-4-5-14(8-15)9-21/h4-6,8,12-13,16H,7,10-11H2,1-3H3/t12-,13+/m1/s1. The highest BCUT2D eigenvalue weighted by atomic mass is 16.5. The smallest absolute Gasteiger partial charge is 0.274 e. The van der Waals surface area contributed by atoms with Gasteiger partial charge in [0.1, 0.15) is 11.9 Å². The van der Waals surface area contributed by atoms with Crippen molar-refractivity contribution in [1.29, 1.82) is 5.26 Å². The van der Waals surface area contributed by atoms with Gasteiger partial charge in [0.15, 0.2) is 5.69 Å². The van der Waals surface area contributed by atoms with Gasteiger partial charge in [-0.1, -0.05) is 6.07 Å². The van der Waals surface area contributed by atoms with Crippen LogP contribution >= 0.6 is 0 Å². The molecule has 0 N–H and O–H groups in total. The molecule has 4 rings (SSSR count). The van der Waals surface area contributed by atoms with Gasteiger partial charge in [-0.2, -0.15) is 10.4 Å². The number of rotatable bonds is 3. The molecule has 0 radical (unpaired) electrons. The van der Waals surface area contributed by atoms with Crippen molar-refractivity contribution in [2.24, 2.45) is 7.05 Å². The van der Waals surface area contributed by atoms with Crippen molar-refractivity contribution in [3.05, 3.63) is 46.8 Å². The Bertz CT molecular complexity index is 924. The van der Waals surface area contributed by atoms with Crippen LogP contribution in [0, 0.1) is 11.3 Å². The maximum absolute atomic E-state index is 12.9. The van der Waals surface area contributed by atoms with Crippen LogP contribution in [0.4, 0.5) is 0 Å². The van der Waals surface area contributed by atoms with Crippen LogP contribution in [0.5, 0.6) is 5.75 Å². The number of ether oxygens (including phenoxy) is 2. The zero-order chi connectivity index (χ0) is 19.1. The summed E-state index contributed by atoms with van der Waals surface area (Å²) < 4.78 is 13.5. The first kappa shape index (κ1) is 17.6. The van der Waals surface area contributed by atoms with Gasteiger partial charge in [-0.25, -0.2) is 0 Å². The van der Waals surface area contributed by atoms with Crippen molar-refractivity contribution in [3.8, 4) is 11.8 Å². The van der Waals surface area contributed by atoms with Crippen molar-refractivity contribution < 1.29 is 14.3 Å². The second-order valence-electron chi connectivity index (χ2n) is 7.22. The SMILES string of the molecule is C[C@@H]1Cc2c(C(=O)N3CC(Oc4cccc(C#N)c4)C3)nn(C)c2[C@H](C)O1. The summed E-state index contributed by atoms with van der Waals surface area (Å²) in [5.41, 5.74) is 3.07. The molecule has 2 aliphatic rings. The molecule has 7 nitrogen and oxygen atoms in total. The van der Waals surface area contributed by atoms with Crippen LogP contribution in [0.1, 0.15) is 47.3 Å². The molecular formula is C20H22N4O3. The number of hydrogen-bond acceptors (Lipinski definition) is 5. The van der Waals surface area contributed by atoms with E-state index in [0.717, 1.165) is 11.3 Å². The number of benzene rings is 1. The Kier molecular flexibility index (Phi) is 4.36. The fourth-order valence-corrected chi connectivity index (χ4v) is 3.87. The third-order valence-electron chi connectivity index (χ3n) is 5.11. The molecule has 0 spiro atoms. The van der Waals surface area contributed by atoms with E-state index in [2.05, 4.69) is 11.2 Å². The molecule has 1 aromatic heterocycles. The van der Waals surface area contributed by atoms with Crippen molar-refractivity contribution in [1.82, 2.24) is 14.7 Å². The van der Waals surface area contributed by atoms with Gasteiger partial charge in [0, 0.05) is 19.0 Å². The molecule has 0 unspecified atom stereocenters. The molecule has 1 saturated heterocycles. The fraction of sp³-hybridized carbons (Fsp3) is 0.450. The molecule has 7 heteroatoms. The minimum atomic E-state index is -0.0670. The lowest BCUT2D eigenvalue weighted by atomic mass is 9.98. The molecule has 2 aliphatic heterocycles.